The van der Waals surface area contributed by atoms with Crippen LogP contribution in [0.3, 0.4) is 0 Å². The fourth-order valence-corrected chi connectivity index (χ4v) is 3.99. The van der Waals surface area contributed by atoms with E-state index in [1.165, 1.54) is 34.4 Å². The fourth-order valence-electron chi connectivity index (χ4n) is 3.33. The quantitative estimate of drug-likeness (QED) is 0.626. The second-order valence-corrected chi connectivity index (χ2v) is 7.89. The third-order valence-corrected chi connectivity index (χ3v) is 5.74. The Morgan fingerprint density at radius 2 is 1.79 bits per heavy atom. The van der Waals surface area contributed by atoms with Gasteiger partial charge < -0.3 is 14.2 Å². The number of piperazine rings is 1. The predicted octanol–water partition coefficient (Wildman–Crippen LogP) is 1.90. The van der Waals surface area contributed by atoms with E-state index < -0.39 is 0 Å². The average molecular weight is 413 g/mol. The van der Waals surface area contributed by atoms with Crippen molar-refractivity contribution in [3.63, 3.8) is 0 Å². The molecule has 1 fully saturated rings. The number of halogens is 1. The van der Waals surface area contributed by atoms with Gasteiger partial charge in [-0.2, -0.15) is 0 Å². The maximum absolute atomic E-state index is 13.0. The number of quaternary nitrogens is 1. The first-order chi connectivity index (χ1) is 14.2. The van der Waals surface area contributed by atoms with Crippen molar-refractivity contribution in [2.24, 2.45) is 0 Å². The van der Waals surface area contributed by atoms with Gasteiger partial charge in [0.15, 0.2) is 0 Å². The molecule has 6 nitrogen and oxygen atoms in total. The molecule has 0 bridgehead atoms. The molecule has 0 spiro atoms. The van der Waals surface area contributed by atoms with Gasteiger partial charge in [0.05, 0.1) is 31.9 Å². The molecule has 1 aliphatic heterocycles. The summed E-state index contributed by atoms with van der Waals surface area (Å²) in [5, 5.41) is 8.28. The number of rotatable bonds is 6. The second-order valence-electron chi connectivity index (χ2n) is 6.96. The number of aromatic nitrogens is 2. The van der Waals surface area contributed by atoms with E-state index in [-0.39, 0.29) is 17.5 Å². The maximum Gasteiger partial charge on any atom is 0.277 e. The number of hydrogen-bond donors (Lipinski definition) is 1. The average Bonchev–Trinajstić information content (AvgIpc) is 3.23. The van der Waals surface area contributed by atoms with Crippen molar-refractivity contribution in [2.75, 3.05) is 31.9 Å². The minimum absolute atomic E-state index is 0.0790. The van der Waals surface area contributed by atoms with E-state index in [1.807, 2.05) is 11.0 Å². The van der Waals surface area contributed by atoms with Crippen LogP contribution >= 0.6 is 11.8 Å². The Morgan fingerprint density at radius 3 is 2.52 bits per heavy atom. The molecule has 3 aromatic rings. The fraction of sp³-hybridized carbons (Fsp3) is 0.286. The highest BCUT2D eigenvalue weighted by Crippen LogP contribution is 2.23. The molecule has 1 N–H and O–H groups in total. The van der Waals surface area contributed by atoms with Crippen LogP contribution in [0.15, 0.2) is 64.2 Å². The number of amides is 1. The normalized spacial score (nSPS) is 14.9. The van der Waals surface area contributed by atoms with Gasteiger partial charge in [-0.05, 0) is 24.3 Å². The molecule has 1 aromatic heterocycles. The van der Waals surface area contributed by atoms with Crippen LogP contribution in [-0.4, -0.2) is 52.9 Å². The van der Waals surface area contributed by atoms with E-state index in [9.17, 15) is 9.18 Å². The zero-order valence-corrected chi connectivity index (χ0v) is 16.7. The number of thioether (sulfide) groups is 1. The SMILES string of the molecule is O=C(CSc1nnc(-c2ccc(F)cc2)o1)N1CC[NH+](Cc2ccccc2)CC1. The lowest BCUT2D eigenvalue weighted by Crippen LogP contribution is -3.13. The first-order valence-electron chi connectivity index (χ1n) is 9.55. The molecule has 4 rings (SSSR count). The molecule has 1 amide bonds. The molecule has 150 valence electrons. The lowest BCUT2D eigenvalue weighted by molar-refractivity contribution is -0.917. The third kappa shape index (κ3) is 5.21. The van der Waals surface area contributed by atoms with Gasteiger partial charge in [0, 0.05) is 11.1 Å². The molecule has 2 heterocycles. The minimum Gasteiger partial charge on any atom is -0.411 e. The molecular formula is C21H22FN4O2S+. The van der Waals surface area contributed by atoms with Gasteiger partial charge in [-0.3, -0.25) is 4.79 Å². The van der Waals surface area contributed by atoms with Gasteiger partial charge in [-0.25, -0.2) is 4.39 Å². The Morgan fingerprint density at radius 1 is 1.07 bits per heavy atom. The van der Waals surface area contributed by atoms with Gasteiger partial charge >= 0.3 is 0 Å². The topological polar surface area (TPSA) is 63.7 Å². The van der Waals surface area contributed by atoms with Gasteiger partial charge in [0.1, 0.15) is 12.4 Å². The monoisotopic (exact) mass is 413 g/mol. The molecule has 1 aliphatic rings. The lowest BCUT2D eigenvalue weighted by Gasteiger charge is -2.32. The highest BCUT2D eigenvalue weighted by atomic mass is 32.2. The summed E-state index contributed by atoms with van der Waals surface area (Å²) in [6.07, 6.45) is 0. The molecule has 29 heavy (non-hydrogen) atoms. The second kappa shape index (κ2) is 9.19. The molecule has 2 aromatic carbocycles. The molecule has 0 radical (unpaired) electrons. The Bertz CT molecular complexity index is 941. The van der Waals surface area contributed by atoms with Crippen molar-refractivity contribution in [2.45, 2.75) is 11.8 Å². The number of nitrogens with zero attached hydrogens (tertiary/aromatic N) is 3. The van der Waals surface area contributed by atoms with Crippen molar-refractivity contribution in [3.05, 3.63) is 66.0 Å². The lowest BCUT2D eigenvalue weighted by atomic mass is 10.2. The third-order valence-electron chi connectivity index (χ3n) is 4.94. The summed E-state index contributed by atoms with van der Waals surface area (Å²) in [6.45, 7) is 4.39. The standard InChI is InChI=1S/C21H21FN4O2S/c22-18-8-6-17(7-9-18)20-23-24-21(28-20)29-15-19(27)26-12-10-25(11-13-26)14-16-4-2-1-3-5-16/h1-9H,10-15H2/p+1. The van der Waals surface area contributed by atoms with Gasteiger partial charge in [0.25, 0.3) is 5.22 Å². The molecule has 0 aliphatic carbocycles. The van der Waals surface area contributed by atoms with E-state index in [2.05, 4.69) is 34.5 Å². The highest BCUT2D eigenvalue weighted by Gasteiger charge is 2.24. The molecule has 0 unspecified atom stereocenters. The van der Waals surface area contributed by atoms with Crippen LogP contribution < -0.4 is 4.90 Å². The summed E-state index contributed by atoms with van der Waals surface area (Å²) in [5.74, 6) is 0.339. The summed E-state index contributed by atoms with van der Waals surface area (Å²) in [6, 6.07) is 16.3. The van der Waals surface area contributed by atoms with Crippen molar-refractivity contribution < 1.29 is 18.5 Å². The zero-order valence-electron chi connectivity index (χ0n) is 15.9. The smallest absolute Gasteiger partial charge is 0.277 e. The Labute approximate surface area is 172 Å². The number of nitrogens with one attached hydrogen (secondary N) is 1. The summed E-state index contributed by atoms with van der Waals surface area (Å²) in [5.41, 5.74) is 1.97. The van der Waals surface area contributed by atoms with Crippen LogP contribution in [0.5, 0.6) is 0 Å². The van der Waals surface area contributed by atoms with Crippen molar-refractivity contribution in [1.29, 1.82) is 0 Å². The molecular weight excluding hydrogens is 391 g/mol. The number of carbonyl (C=O) groups excluding carboxylic acids is 1. The predicted molar refractivity (Wildman–Crippen MR) is 108 cm³/mol. The van der Waals surface area contributed by atoms with Crippen LogP contribution in [0, 0.1) is 5.82 Å². The van der Waals surface area contributed by atoms with Crippen LogP contribution in [0.2, 0.25) is 0 Å². The largest absolute Gasteiger partial charge is 0.411 e. The zero-order chi connectivity index (χ0) is 20.1. The summed E-state index contributed by atoms with van der Waals surface area (Å²) < 4.78 is 18.6. The number of benzene rings is 2. The Kier molecular flexibility index (Phi) is 6.21. The van der Waals surface area contributed by atoms with Crippen LogP contribution in [0.25, 0.3) is 11.5 Å². The van der Waals surface area contributed by atoms with E-state index in [1.54, 1.807) is 12.1 Å². The summed E-state index contributed by atoms with van der Waals surface area (Å²) >= 11 is 1.23. The Hall–Kier alpha value is -2.71. The van der Waals surface area contributed by atoms with Crippen molar-refractivity contribution in [1.82, 2.24) is 15.1 Å². The summed E-state index contributed by atoms with van der Waals surface area (Å²) in [4.78, 5) is 15.9. The van der Waals surface area contributed by atoms with E-state index in [0.29, 0.717) is 16.7 Å². The van der Waals surface area contributed by atoms with Gasteiger partial charge in [0.2, 0.25) is 11.8 Å². The van der Waals surface area contributed by atoms with Crippen molar-refractivity contribution >= 4 is 17.7 Å². The maximum atomic E-state index is 13.0. The van der Waals surface area contributed by atoms with Gasteiger partial charge in [-0.15, -0.1) is 10.2 Å². The van der Waals surface area contributed by atoms with E-state index >= 15 is 0 Å². The highest BCUT2D eigenvalue weighted by molar-refractivity contribution is 7.99. The Balaban J connectivity index is 1.24. The summed E-state index contributed by atoms with van der Waals surface area (Å²) in [7, 11) is 0. The van der Waals surface area contributed by atoms with E-state index in [4.69, 9.17) is 4.42 Å². The van der Waals surface area contributed by atoms with Crippen molar-refractivity contribution in [3.8, 4) is 11.5 Å². The van der Waals surface area contributed by atoms with Crippen LogP contribution in [-0.2, 0) is 11.3 Å². The van der Waals surface area contributed by atoms with E-state index in [0.717, 1.165) is 32.7 Å². The molecule has 0 saturated carbocycles. The van der Waals surface area contributed by atoms with Crippen LogP contribution in [0.4, 0.5) is 4.39 Å². The molecule has 0 atom stereocenters. The molecule has 1 saturated heterocycles. The first kappa shape index (κ1) is 19.6. The number of hydrogen-bond acceptors (Lipinski definition) is 5. The van der Waals surface area contributed by atoms with Gasteiger partial charge in [-0.1, -0.05) is 42.1 Å². The number of carbonyl (C=O) groups is 1. The first-order valence-corrected chi connectivity index (χ1v) is 10.5. The van der Waals surface area contributed by atoms with Crippen LogP contribution in [0.1, 0.15) is 5.56 Å². The minimum atomic E-state index is -0.320. The molecule has 8 heteroatoms.